The molecule has 0 atom stereocenters. The second-order valence-electron chi connectivity index (χ2n) is 10.3. The zero-order valence-electron chi connectivity index (χ0n) is 22.4. The van der Waals surface area contributed by atoms with Crippen LogP contribution >= 0.6 is 0 Å². The van der Waals surface area contributed by atoms with Crippen molar-refractivity contribution in [2.24, 2.45) is 5.92 Å². The molecule has 0 unspecified atom stereocenters. The minimum Gasteiger partial charge on any atom is -0.488 e. The Bertz CT molecular complexity index is 1210. The van der Waals surface area contributed by atoms with Gasteiger partial charge in [0.1, 0.15) is 18.2 Å². The van der Waals surface area contributed by atoms with Crippen LogP contribution in [0.4, 0.5) is 5.82 Å². The smallest absolute Gasteiger partial charge is 0.306 e. The van der Waals surface area contributed by atoms with Gasteiger partial charge in [-0.25, -0.2) is 4.98 Å². The number of hydrogen-bond donors (Lipinski definition) is 1. The molecule has 6 nitrogen and oxygen atoms in total. The summed E-state index contributed by atoms with van der Waals surface area (Å²) in [5, 5.41) is 9.31. The molecule has 0 amide bonds. The summed E-state index contributed by atoms with van der Waals surface area (Å²) in [5.41, 5.74) is 7.81. The van der Waals surface area contributed by atoms with Gasteiger partial charge in [0.2, 0.25) is 0 Å². The van der Waals surface area contributed by atoms with Gasteiger partial charge in [0.15, 0.2) is 0 Å². The number of aliphatic carboxylic acids is 1. The fourth-order valence-corrected chi connectivity index (χ4v) is 5.33. The van der Waals surface area contributed by atoms with Crippen LogP contribution in [0.2, 0.25) is 0 Å². The van der Waals surface area contributed by atoms with Gasteiger partial charge in [-0.05, 0) is 86.5 Å². The number of aromatic nitrogens is 1. The van der Waals surface area contributed by atoms with Crippen LogP contribution in [0.25, 0.3) is 5.57 Å². The number of nitrogens with zero attached hydrogens (tertiary/aromatic N) is 3. The number of carboxylic acids is 1. The molecule has 1 saturated heterocycles. The van der Waals surface area contributed by atoms with Gasteiger partial charge in [0.25, 0.3) is 0 Å². The highest BCUT2D eigenvalue weighted by Crippen LogP contribution is 2.29. The minimum atomic E-state index is -0.710. The predicted octanol–water partition coefficient (Wildman–Crippen LogP) is 5.41. The SMILES string of the molecule is C=C/C(=C(/OCc1ccc2c(c1C)CCN(C)CC2)C(=C)C)c1cccc(N2CCC(C(=O)O)CC2)n1. The Morgan fingerprint density at radius 2 is 1.89 bits per heavy atom. The van der Waals surface area contributed by atoms with Crippen molar-refractivity contribution in [1.29, 1.82) is 0 Å². The van der Waals surface area contributed by atoms with Gasteiger partial charge >= 0.3 is 5.97 Å². The summed E-state index contributed by atoms with van der Waals surface area (Å²) in [4.78, 5) is 20.8. The summed E-state index contributed by atoms with van der Waals surface area (Å²) >= 11 is 0. The van der Waals surface area contributed by atoms with Crippen LogP contribution in [0.5, 0.6) is 0 Å². The highest BCUT2D eigenvalue weighted by Gasteiger charge is 2.25. The van der Waals surface area contributed by atoms with Crippen molar-refractivity contribution in [2.75, 3.05) is 38.1 Å². The predicted molar refractivity (Wildman–Crippen MR) is 150 cm³/mol. The first-order valence-electron chi connectivity index (χ1n) is 13.2. The third-order valence-electron chi connectivity index (χ3n) is 7.70. The number of carboxylic acid groups (broad SMARTS) is 1. The van der Waals surface area contributed by atoms with E-state index in [4.69, 9.17) is 9.72 Å². The second kappa shape index (κ2) is 11.8. The third-order valence-corrected chi connectivity index (χ3v) is 7.70. The van der Waals surface area contributed by atoms with Crippen molar-refractivity contribution in [3.05, 3.63) is 88.8 Å². The van der Waals surface area contributed by atoms with E-state index in [-0.39, 0.29) is 5.92 Å². The van der Waals surface area contributed by atoms with Gasteiger partial charge < -0.3 is 19.6 Å². The molecular weight excluding hydrogens is 462 g/mol. The zero-order chi connectivity index (χ0) is 26.5. The number of carbonyl (C=O) groups is 1. The zero-order valence-corrected chi connectivity index (χ0v) is 22.4. The number of fused-ring (bicyclic) bond motifs is 1. The van der Waals surface area contributed by atoms with E-state index in [1.165, 1.54) is 22.3 Å². The summed E-state index contributed by atoms with van der Waals surface area (Å²) in [6.07, 6.45) is 5.19. The molecule has 4 rings (SSSR count). The molecule has 0 radical (unpaired) electrons. The molecule has 0 spiro atoms. The molecule has 2 aliphatic heterocycles. The van der Waals surface area contributed by atoms with Crippen molar-refractivity contribution in [3.8, 4) is 0 Å². The molecule has 1 fully saturated rings. The molecule has 0 saturated carbocycles. The molecule has 1 N–H and O–H groups in total. The number of benzene rings is 1. The Balaban J connectivity index is 1.56. The van der Waals surface area contributed by atoms with Crippen LogP contribution in [0.3, 0.4) is 0 Å². The summed E-state index contributed by atoms with van der Waals surface area (Å²) in [6, 6.07) is 10.4. The maximum atomic E-state index is 11.3. The van der Waals surface area contributed by atoms with Crippen molar-refractivity contribution in [3.63, 3.8) is 0 Å². The van der Waals surface area contributed by atoms with Crippen molar-refractivity contribution >= 4 is 17.4 Å². The Morgan fingerprint density at radius 3 is 2.57 bits per heavy atom. The molecule has 1 aromatic carbocycles. The number of pyridine rings is 1. The van der Waals surface area contributed by atoms with Crippen LogP contribution < -0.4 is 4.90 Å². The first-order valence-corrected chi connectivity index (χ1v) is 13.2. The monoisotopic (exact) mass is 501 g/mol. The molecule has 1 aromatic heterocycles. The number of anilines is 1. The number of piperidine rings is 1. The van der Waals surface area contributed by atoms with E-state index in [2.05, 4.69) is 49.1 Å². The summed E-state index contributed by atoms with van der Waals surface area (Å²) in [5.74, 6) is 0.550. The summed E-state index contributed by atoms with van der Waals surface area (Å²) in [7, 11) is 2.19. The number of hydrogen-bond acceptors (Lipinski definition) is 5. The Kier molecular flexibility index (Phi) is 8.49. The average molecular weight is 502 g/mol. The van der Waals surface area contributed by atoms with Gasteiger partial charge in [0, 0.05) is 31.8 Å². The molecule has 37 heavy (non-hydrogen) atoms. The fourth-order valence-electron chi connectivity index (χ4n) is 5.33. The van der Waals surface area contributed by atoms with Crippen molar-refractivity contribution in [1.82, 2.24) is 9.88 Å². The summed E-state index contributed by atoms with van der Waals surface area (Å²) in [6.45, 7) is 16.4. The van der Waals surface area contributed by atoms with E-state index in [0.717, 1.165) is 48.6 Å². The lowest BCUT2D eigenvalue weighted by molar-refractivity contribution is -0.142. The van der Waals surface area contributed by atoms with E-state index in [9.17, 15) is 9.90 Å². The maximum Gasteiger partial charge on any atom is 0.306 e. The lowest BCUT2D eigenvalue weighted by Gasteiger charge is -2.31. The normalized spacial score (nSPS) is 17.4. The van der Waals surface area contributed by atoms with Crippen LogP contribution in [0.15, 0.2) is 60.9 Å². The van der Waals surface area contributed by atoms with Crippen LogP contribution in [0, 0.1) is 12.8 Å². The quantitative estimate of drug-likeness (QED) is 0.385. The molecule has 0 bridgehead atoms. The van der Waals surface area contributed by atoms with Gasteiger partial charge in [-0.1, -0.05) is 37.4 Å². The van der Waals surface area contributed by atoms with E-state index < -0.39 is 5.97 Å². The molecule has 6 heteroatoms. The largest absolute Gasteiger partial charge is 0.488 e. The molecule has 0 aliphatic carbocycles. The molecule has 3 heterocycles. The fraction of sp³-hybridized carbons (Fsp3) is 0.419. The minimum absolute atomic E-state index is 0.274. The van der Waals surface area contributed by atoms with Gasteiger partial charge in [0.05, 0.1) is 11.6 Å². The van der Waals surface area contributed by atoms with Crippen molar-refractivity contribution in [2.45, 2.75) is 46.1 Å². The Morgan fingerprint density at radius 1 is 1.16 bits per heavy atom. The highest BCUT2D eigenvalue weighted by molar-refractivity contribution is 5.76. The van der Waals surface area contributed by atoms with E-state index in [1.54, 1.807) is 6.08 Å². The number of likely N-dealkylation sites (N-methyl/N-ethyl adjacent to an activating group) is 1. The lowest BCUT2D eigenvalue weighted by atomic mass is 9.94. The van der Waals surface area contributed by atoms with Crippen molar-refractivity contribution < 1.29 is 14.6 Å². The van der Waals surface area contributed by atoms with E-state index in [0.29, 0.717) is 38.3 Å². The molecule has 196 valence electrons. The van der Waals surface area contributed by atoms with Gasteiger partial charge in [-0.3, -0.25) is 4.79 Å². The van der Waals surface area contributed by atoms with Crippen LogP contribution in [0.1, 0.15) is 47.7 Å². The number of allylic oxidation sites excluding steroid dienone is 3. The topological polar surface area (TPSA) is 65.9 Å². The van der Waals surface area contributed by atoms with Gasteiger partial charge in [-0.2, -0.15) is 0 Å². The number of ether oxygens (including phenoxy) is 1. The molecule has 2 aromatic rings. The maximum absolute atomic E-state index is 11.3. The summed E-state index contributed by atoms with van der Waals surface area (Å²) < 4.78 is 6.43. The first-order chi connectivity index (χ1) is 17.8. The van der Waals surface area contributed by atoms with Crippen LogP contribution in [-0.4, -0.2) is 54.2 Å². The number of rotatable bonds is 8. The molecule has 2 aliphatic rings. The highest BCUT2D eigenvalue weighted by atomic mass is 16.5. The third kappa shape index (κ3) is 6.13. The van der Waals surface area contributed by atoms with Gasteiger partial charge in [-0.15, -0.1) is 0 Å². The second-order valence-corrected chi connectivity index (χ2v) is 10.3. The average Bonchev–Trinajstić information content (AvgIpc) is 3.09. The lowest BCUT2D eigenvalue weighted by Crippen LogP contribution is -2.36. The Labute approximate surface area is 221 Å². The standard InChI is InChI=1S/C31H39N3O3/c1-6-26(28-8-7-9-29(32-28)34-18-13-24(14-19-34)31(35)36)30(21(2)3)37-20-25-11-10-23-12-16-33(5)17-15-27(23)22(25)4/h6-11,24H,1-2,12-20H2,3-5H3,(H,35,36)/b30-26-. The van der Waals surface area contributed by atoms with Crippen LogP contribution in [-0.2, 0) is 29.0 Å². The first kappa shape index (κ1) is 26.7. The molecular formula is C31H39N3O3. The van der Waals surface area contributed by atoms with E-state index in [1.807, 2.05) is 25.1 Å². The van der Waals surface area contributed by atoms with E-state index >= 15 is 0 Å². The Hall–Kier alpha value is -3.38.